The van der Waals surface area contributed by atoms with E-state index >= 15 is 0 Å². The van der Waals surface area contributed by atoms with Gasteiger partial charge in [-0.1, -0.05) is 0 Å². The smallest absolute Gasteiger partial charge is 0.160 e. The molecule has 0 spiro atoms. The number of carbonyl (C=O) groups excluding carboxylic acids is 1. The van der Waals surface area contributed by atoms with Gasteiger partial charge in [-0.2, -0.15) is 0 Å². The molecule has 4 heteroatoms. The maximum Gasteiger partial charge on any atom is 0.160 e. The normalized spacial score (nSPS) is 9.80. The van der Waals surface area contributed by atoms with Crippen molar-refractivity contribution < 1.29 is 4.79 Å². The minimum absolute atomic E-state index is 0.737. The van der Waals surface area contributed by atoms with E-state index in [4.69, 9.17) is 10.7 Å². The summed E-state index contributed by atoms with van der Waals surface area (Å²) in [5.74, 6) is 0. The van der Waals surface area contributed by atoms with E-state index in [1.807, 2.05) is 6.92 Å². The van der Waals surface area contributed by atoms with E-state index in [9.17, 15) is 4.79 Å². The Bertz CT molecular complexity index is 244. The standard InChI is InChI=1S/C6H5ClOS2/c1-4-6(10-7)2-5(3-8)9-4/h2-3H,1H3. The fraction of sp³-hybridized carbons (Fsp3) is 0.167. The highest BCUT2D eigenvalue weighted by molar-refractivity contribution is 8.21. The molecule has 1 rings (SSSR count). The predicted octanol–water partition coefficient (Wildman–Crippen LogP) is 3.11. The zero-order valence-electron chi connectivity index (χ0n) is 5.26. The Morgan fingerprint density at radius 3 is 2.80 bits per heavy atom. The first-order valence-electron chi connectivity index (χ1n) is 2.62. The second kappa shape index (κ2) is 3.42. The van der Waals surface area contributed by atoms with Gasteiger partial charge in [-0.3, -0.25) is 4.79 Å². The van der Waals surface area contributed by atoms with Crippen molar-refractivity contribution in [2.24, 2.45) is 0 Å². The minimum Gasteiger partial charge on any atom is -0.297 e. The van der Waals surface area contributed by atoms with Crippen molar-refractivity contribution in [1.29, 1.82) is 0 Å². The molecule has 0 aliphatic rings. The topological polar surface area (TPSA) is 17.1 Å². The van der Waals surface area contributed by atoms with Crippen LogP contribution in [0.5, 0.6) is 0 Å². The van der Waals surface area contributed by atoms with E-state index in [1.165, 1.54) is 11.3 Å². The summed E-state index contributed by atoms with van der Waals surface area (Å²) in [5.41, 5.74) is 0. The molecule has 0 bridgehead atoms. The van der Waals surface area contributed by atoms with Crippen LogP contribution in [-0.4, -0.2) is 6.29 Å². The molecule has 1 aromatic heterocycles. The van der Waals surface area contributed by atoms with Gasteiger partial charge >= 0.3 is 0 Å². The number of thiophene rings is 1. The molecular weight excluding hydrogens is 188 g/mol. The second-order valence-electron chi connectivity index (χ2n) is 1.76. The van der Waals surface area contributed by atoms with Gasteiger partial charge in [0.05, 0.1) is 4.88 Å². The number of aryl methyl sites for hydroxylation is 1. The van der Waals surface area contributed by atoms with Crippen LogP contribution in [0.4, 0.5) is 0 Å². The largest absolute Gasteiger partial charge is 0.297 e. The van der Waals surface area contributed by atoms with Gasteiger partial charge in [0.25, 0.3) is 0 Å². The molecule has 0 radical (unpaired) electrons. The Morgan fingerprint density at radius 2 is 2.50 bits per heavy atom. The lowest BCUT2D eigenvalue weighted by atomic mass is 10.4. The van der Waals surface area contributed by atoms with E-state index < -0.39 is 0 Å². The highest BCUT2D eigenvalue weighted by atomic mass is 35.7. The summed E-state index contributed by atoms with van der Waals surface area (Å²) in [7, 11) is 6.67. The van der Waals surface area contributed by atoms with Gasteiger partial charge in [0.2, 0.25) is 0 Å². The van der Waals surface area contributed by atoms with Crippen molar-refractivity contribution in [3.05, 3.63) is 15.8 Å². The Kier molecular flexibility index (Phi) is 2.77. The molecule has 0 fully saturated rings. The van der Waals surface area contributed by atoms with Gasteiger partial charge in [0.1, 0.15) is 0 Å². The zero-order chi connectivity index (χ0) is 7.56. The third-order valence-electron chi connectivity index (χ3n) is 1.09. The number of aldehydes is 1. The van der Waals surface area contributed by atoms with Gasteiger partial charge in [0, 0.05) is 9.77 Å². The first-order valence-corrected chi connectivity index (χ1v) is 5.08. The van der Waals surface area contributed by atoms with Crippen LogP contribution in [0.25, 0.3) is 0 Å². The summed E-state index contributed by atoms with van der Waals surface area (Å²) in [6.07, 6.45) is 0.842. The van der Waals surface area contributed by atoms with Crippen molar-refractivity contribution in [2.75, 3.05) is 0 Å². The number of halogens is 1. The number of hydrogen-bond donors (Lipinski definition) is 0. The number of carbonyl (C=O) groups is 1. The number of hydrogen-bond acceptors (Lipinski definition) is 3. The van der Waals surface area contributed by atoms with Gasteiger partial charge in [0.15, 0.2) is 6.29 Å². The molecule has 0 saturated heterocycles. The SMILES string of the molecule is Cc1sc(C=O)cc1SCl. The van der Waals surface area contributed by atoms with Crippen molar-refractivity contribution in [3.63, 3.8) is 0 Å². The fourth-order valence-electron chi connectivity index (χ4n) is 0.622. The molecule has 1 heterocycles. The third kappa shape index (κ3) is 1.54. The molecule has 0 aliphatic carbocycles. The van der Waals surface area contributed by atoms with Crippen LogP contribution < -0.4 is 0 Å². The van der Waals surface area contributed by atoms with Crippen LogP contribution in [0.3, 0.4) is 0 Å². The Hall–Kier alpha value is 0.01000. The molecule has 0 atom stereocenters. The van der Waals surface area contributed by atoms with E-state index in [0.717, 1.165) is 31.9 Å². The molecule has 54 valence electrons. The van der Waals surface area contributed by atoms with Crippen molar-refractivity contribution in [2.45, 2.75) is 11.8 Å². The maximum atomic E-state index is 10.2. The van der Waals surface area contributed by atoms with E-state index in [2.05, 4.69) is 0 Å². The lowest BCUT2D eigenvalue weighted by Gasteiger charge is -1.84. The zero-order valence-corrected chi connectivity index (χ0v) is 7.65. The van der Waals surface area contributed by atoms with Crippen LogP contribution in [0.2, 0.25) is 0 Å². The monoisotopic (exact) mass is 192 g/mol. The summed E-state index contributed by atoms with van der Waals surface area (Å²) in [6.45, 7) is 1.95. The summed E-state index contributed by atoms with van der Waals surface area (Å²) in [6, 6.07) is 1.80. The summed E-state index contributed by atoms with van der Waals surface area (Å²) in [4.78, 5) is 13.1. The average Bonchev–Trinajstić information content (AvgIpc) is 2.30. The molecule has 0 aliphatic heterocycles. The van der Waals surface area contributed by atoms with Crippen molar-refractivity contribution in [1.82, 2.24) is 0 Å². The lowest BCUT2D eigenvalue weighted by Crippen LogP contribution is -1.63. The molecular formula is C6H5ClOS2. The van der Waals surface area contributed by atoms with Crippen LogP contribution in [0.15, 0.2) is 11.0 Å². The molecule has 1 nitrogen and oxygen atoms in total. The second-order valence-corrected chi connectivity index (χ2v) is 4.11. The van der Waals surface area contributed by atoms with Crippen LogP contribution in [0.1, 0.15) is 14.5 Å². The summed E-state index contributed by atoms with van der Waals surface area (Å²) >= 11 is 1.47. The highest BCUT2D eigenvalue weighted by Crippen LogP contribution is 2.31. The maximum absolute atomic E-state index is 10.2. The molecule has 0 N–H and O–H groups in total. The van der Waals surface area contributed by atoms with E-state index in [1.54, 1.807) is 6.07 Å². The Labute approximate surface area is 71.9 Å². The van der Waals surface area contributed by atoms with E-state index in [-0.39, 0.29) is 0 Å². The first kappa shape index (κ1) is 8.11. The van der Waals surface area contributed by atoms with Gasteiger partial charge in [-0.05, 0) is 34.6 Å². The predicted molar refractivity (Wildman–Crippen MR) is 46.2 cm³/mol. The Balaban J connectivity index is 3.03. The van der Waals surface area contributed by atoms with E-state index in [0.29, 0.717) is 0 Å². The number of rotatable bonds is 2. The molecule has 0 amide bonds. The summed E-state index contributed by atoms with van der Waals surface area (Å²) < 4.78 is 0. The van der Waals surface area contributed by atoms with Crippen LogP contribution in [0, 0.1) is 6.92 Å². The van der Waals surface area contributed by atoms with Crippen molar-refractivity contribution in [3.8, 4) is 0 Å². The molecule has 0 aromatic carbocycles. The summed E-state index contributed by atoms with van der Waals surface area (Å²) in [5, 5.41) is 0. The van der Waals surface area contributed by atoms with Crippen LogP contribution in [-0.2, 0) is 0 Å². The third-order valence-corrected chi connectivity index (χ3v) is 3.28. The molecule has 10 heavy (non-hydrogen) atoms. The van der Waals surface area contributed by atoms with Crippen molar-refractivity contribution >= 4 is 39.3 Å². The minimum atomic E-state index is 0.737. The quantitative estimate of drug-likeness (QED) is 0.670. The molecule has 0 unspecified atom stereocenters. The van der Waals surface area contributed by atoms with Gasteiger partial charge < -0.3 is 0 Å². The fourth-order valence-corrected chi connectivity index (χ4v) is 2.58. The Morgan fingerprint density at radius 1 is 1.80 bits per heavy atom. The average molecular weight is 193 g/mol. The first-order chi connectivity index (χ1) is 4.77. The molecule has 0 saturated carbocycles. The van der Waals surface area contributed by atoms with Gasteiger partial charge in [-0.25, -0.2) is 0 Å². The lowest BCUT2D eigenvalue weighted by molar-refractivity contribution is 0.112. The molecule has 1 aromatic rings. The highest BCUT2D eigenvalue weighted by Gasteiger charge is 2.02. The van der Waals surface area contributed by atoms with Gasteiger partial charge in [-0.15, -0.1) is 11.3 Å². The van der Waals surface area contributed by atoms with Crippen LogP contribution >= 0.6 is 33.0 Å².